The molecule has 3 atom stereocenters. The number of hydrogen-bond acceptors (Lipinski definition) is 4. The number of carbonyl (C=O) groups excluding carboxylic acids is 2. The van der Waals surface area contributed by atoms with Gasteiger partial charge in [-0.25, -0.2) is 0 Å². The lowest BCUT2D eigenvalue weighted by atomic mass is 9.84. The fourth-order valence-corrected chi connectivity index (χ4v) is 3.92. The minimum absolute atomic E-state index is 0.00954. The molecule has 2 fully saturated rings. The van der Waals surface area contributed by atoms with E-state index < -0.39 is 0 Å². The molecule has 2 aromatic heterocycles. The third-order valence-electron chi connectivity index (χ3n) is 5.33. The van der Waals surface area contributed by atoms with Crippen LogP contribution in [-0.4, -0.2) is 59.0 Å². The lowest BCUT2D eigenvalue weighted by Crippen LogP contribution is -2.46. The number of fused-ring (bicyclic) bond motifs is 1. The number of pyridine rings is 1. The van der Waals surface area contributed by atoms with E-state index in [1.54, 1.807) is 43.0 Å². The molecule has 0 aliphatic carbocycles. The molecule has 2 saturated heterocycles. The van der Waals surface area contributed by atoms with Crippen molar-refractivity contribution in [3.63, 3.8) is 0 Å². The topological polar surface area (TPSA) is 87.3 Å². The smallest absolute Gasteiger partial charge is 0.255 e. The summed E-state index contributed by atoms with van der Waals surface area (Å²) in [7, 11) is 0. The van der Waals surface area contributed by atoms with Gasteiger partial charge in [0.25, 0.3) is 11.8 Å². The highest BCUT2D eigenvalue weighted by atomic mass is 16.5. The third kappa shape index (κ3) is 3.35. The van der Waals surface area contributed by atoms with Gasteiger partial charge in [-0.2, -0.15) is 0 Å². The summed E-state index contributed by atoms with van der Waals surface area (Å²) in [5.74, 6) is 0.663. The van der Waals surface area contributed by atoms with Crippen LogP contribution in [-0.2, 0) is 4.74 Å². The van der Waals surface area contributed by atoms with Crippen LogP contribution in [0.5, 0.6) is 0 Å². The molecule has 0 aromatic carbocycles. The average Bonchev–Trinajstić information content (AvgIpc) is 3.36. The van der Waals surface area contributed by atoms with Crippen LogP contribution in [0.15, 0.2) is 43.0 Å². The zero-order valence-electron chi connectivity index (χ0n) is 14.4. The standard InChI is InChI=1S/C19H22N4O3/c24-18(13-1-5-20-6-2-13)22-10-17-16-4-8-23(11-15(16)12-26-17)19(25)14-3-7-21-9-14/h1-3,5-7,9,15-17,21H,4,8,10-12H2,(H,22,24)/t15-,16-,17-/m0/s1. The zero-order chi connectivity index (χ0) is 17.9. The molecule has 4 heterocycles. The predicted molar refractivity (Wildman–Crippen MR) is 94.6 cm³/mol. The van der Waals surface area contributed by atoms with Crippen LogP contribution in [0, 0.1) is 11.8 Å². The lowest BCUT2D eigenvalue weighted by molar-refractivity contribution is 0.0608. The molecule has 0 bridgehead atoms. The van der Waals surface area contributed by atoms with Crippen molar-refractivity contribution in [2.24, 2.45) is 11.8 Å². The maximum absolute atomic E-state index is 12.5. The maximum atomic E-state index is 12.5. The predicted octanol–water partition coefficient (Wildman–Crippen LogP) is 1.32. The summed E-state index contributed by atoms with van der Waals surface area (Å²) in [5, 5.41) is 2.95. The van der Waals surface area contributed by atoms with Crippen molar-refractivity contribution in [3.05, 3.63) is 54.1 Å². The van der Waals surface area contributed by atoms with E-state index in [0.717, 1.165) is 13.0 Å². The molecule has 2 aliphatic rings. The maximum Gasteiger partial charge on any atom is 0.255 e. The average molecular weight is 354 g/mol. The molecule has 136 valence electrons. The van der Waals surface area contributed by atoms with E-state index in [4.69, 9.17) is 4.74 Å². The summed E-state index contributed by atoms with van der Waals surface area (Å²) in [6.07, 6.45) is 7.62. The van der Waals surface area contributed by atoms with Crippen LogP contribution in [0.2, 0.25) is 0 Å². The lowest BCUT2D eigenvalue weighted by Gasteiger charge is -2.35. The highest BCUT2D eigenvalue weighted by Gasteiger charge is 2.41. The minimum atomic E-state index is -0.112. The first-order valence-corrected chi connectivity index (χ1v) is 8.94. The van der Waals surface area contributed by atoms with Crippen molar-refractivity contribution in [1.29, 1.82) is 0 Å². The van der Waals surface area contributed by atoms with Gasteiger partial charge in [-0.05, 0) is 30.5 Å². The van der Waals surface area contributed by atoms with E-state index in [-0.39, 0.29) is 17.9 Å². The number of rotatable bonds is 4. The van der Waals surface area contributed by atoms with Gasteiger partial charge in [-0.3, -0.25) is 14.6 Å². The second-order valence-electron chi connectivity index (χ2n) is 6.88. The molecule has 2 amide bonds. The Morgan fingerprint density at radius 3 is 2.88 bits per heavy atom. The molecular formula is C19H22N4O3. The molecule has 7 nitrogen and oxygen atoms in total. The number of piperidine rings is 1. The second-order valence-corrected chi connectivity index (χ2v) is 6.88. The number of hydrogen-bond donors (Lipinski definition) is 2. The number of likely N-dealkylation sites (tertiary alicyclic amines) is 1. The van der Waals surface area contributed by atoms with Gasteiger partial charge < -0.3 is 19.9 Å². The van der Waals surface area contributed by atoms with E-state index in [2.05, 4.69) is 15.3 Å². The monoisotopic (exact) mass is 354 g/mol. The number of aromatic amines is 1. The Morgan fingerprint density at radius 1 is 1.27 bits per heavy atom. The molecule has 0 saturated carbocycles. The van der Waals surface area contributed by atoms with Gasteiger partial charge in [-0.1, -0.05) is 0 Å². The first-order chi connectivity index (χ1) is 12.7. The molecule has 0 unspecified atom stereocenters. The fraction of sp³-hybridized carbons (Fsp3) is 0.421. The molecule has 0 radical (unpaired) electrons. The van der Waals surface area contributed by atoms with Crippen LogP contribution in [0.3, 0.4) is 0 Å². The van der Waals surface area contributed by atoms with Crippen molar-refractivity contribution >= 4 is 11.8 Å². The van der Waals surface area contributed by atoms with Crippen LogP contribution in [0.4, 0.5) is 0 Å². The SMILES string of the molecule is O=C(NC[C@@H]1OC[C@@H]2CN(C(=O)c3cc[nH]c3)CC[C@@H]21)c1ccncc1. The van der Waals surface area contributed by atoms with Crippen LogP contribution in [0.1, 0.15) is 27.1 Å². The van der Waals surface area contributed by atoms with E-state index >= 15 is 0 Å². The van der Waals surface area contributed by atoms with Crippen LogP contribution >= 0.6 is 0 Å². The molecule has 2 aromatic rings. The third-order valence-corrected chi connectivity index (χ3v) is 5.33. The van der Waals surface area contributed by atoms with Gasteiger partial charge in [0.1, 0.15) is 0 Å². The van der Waals surface area contributed by atoms with Gasteiger partial charge >= 0.3 is 0 Å². The van der Waals surface area contributed by atoms with E-state index in [9.17, 15) is 9.59 Å². The number of carbonyl (C=O) groups is 2. The molecule has 4 rings (SSSR count). The summed E-state index contributed by atoms with van der Waals surface area (Å²) < 4.78 is 5.93. The largest absolute Gasteiger partial charge is 0.376 e. The van der Waals surface area contributed by atoms with E-state index in [1.165, 1.54) is 0 Å². The molecule has 0 spiro atoms. The van der Waals surface area contributed by atoms with Crippen LogP contribution < -0.4 is 5.32 Å². The number of nitrogens with one attached hydrogen (secondary N) is 2. The summed E-state index contributed by atoms with van der Waals surface area (Å²) in [4.78, 5) is 33.4. The molecular weight excluding hydrogens is 332 g/mol. The Morgan fingerprint density at radius 2 is 2.12 bits per heavy atom. The Hall–Kier alpha value is -2.67. The minimum Gasteiger partial charge on any atom is -0.376 e. The van der Waals surface area contributed by atoms with Gasteiger partial charge in [0.05, 0.1) is 18.3 Å². The number of nitrogens with zero attached hydrogens (tertiary/aromatic N) is 2. The second kappa shape index (κ2) is 7.29. The normalized spacial score (nSPS) is 24.9. The Balaban J connectivity index is 1.31. The zero-order valence-corrected chi connectivity index (χ0v) is 14.4. The Bertz CT molecular complexity index is 762. The number of amides is 2. The van der Waals surface area contributed by atoms with Gasteiger partial charge in [-0.15, -0.1) is 0 Å². The Kier molecular flexibility index (Phi) is 4.71. The summed E-state index contributed by atoms with van der Waals surface area (Å²) in [6, 6.07) is 5.19. The number of H-pyrrole nitrogens is 1. The van der Waals surface area contributed by atoms with Gasteiger partial charge in [0.15, 0.2) is 0 Å². The van der Waals surface area contributed by atoms with E-state index in [0.29, 0.717) is 42.7 Å². The van der Waals surface area contributed by atoms with Gasteiger partial charge in [0, 0.05) is 55.9 Å². The molecule has 2 aliphatic heterocycles. The Labute approximate surface area is 151 Å². The van der Waals surface area contributed by atoms with Crippen molar-refractivity contribution < 1.29 is 14.3 Å². The van der Waals surface area contributed by atoms with Crippen molar-refractivity contribution in [3.8, 4) is 0 Å². The first kappa shape index (κ1) is 16.8. The molecule has 2 N–H and O–H groups in total. The van der Waals surface area contributed by atoms with Crippen molar-refractivity contribution in [1.82, 2.24) is 20.2 Å². The number of aromatic nitrogens is 2. The highest BCUT2D eigenvalue weighted by molar-refractivity contribution is 5.94. The molecule has 26 heavy (non-hydrogen) atoms. The van der Waals surface area contributed by atoms with Crippen molar-refractivity contribution in [2.45, 2.75) is 12.5 Å². The van der Waals surface area contributed by atoms with Crippen molar-refractivity contribution in [2.75, 3.05) is 26.2 Å². The molecule has 7 heteroatoms. The van der Waals surface area contributed by atoms with Gasteiger partial charge in [0.2, 0.25) is 0 Å². The van der Waals surface area contributed by atoms with Crippen LogP contribution in [0.25, 0.3) is 0 Å². The fourth-order valence-electron chi connectivity index (χ4n) is 3.92. The summed E-state index contributed by atoms with van der Waals surface area (Å²) >= 11 is 0. The summed E-state index contributed by atoms with van der Waals surface area (Å²) in [5.41, 5.74) is 1.30. The number of ether oxygens (including phenoxy) is 1. The summed E-state index contributed by atoms with van der Waals surface area (Å²) in [6.45, 7) is 2.57. The first-order valence-electron chi connectivity index (χ1n) is 8.94. The highest BCUT2D eigenvalue weighted by Crippen LogP contribution is 2.34. The quantitative estimate of drug-likeness (QED) is 0.867. The van der Waals surface area contributed by atoms with E-state index in [1.807, 2.05) is 4.90 Å².